The van der Waals surface area contributed by atoms with Crippen LogP contribution < -0.4 is 4.74 Å². The average molecular weight is 263 g/mol. The quantitative estimate of drug-likeness (QED) is 0.795. The van der Waals surface area contributed by atoms with E-state index in [2.05, 4.69) is 9.72 Å². The first-order chi connectivity index (χ1) is 9.08. The minimum atomic E-state index is -2.91. The third-order valence-corrected chi connectivity index (χ3v) is 2.61. The smallest absolute Gasteiger partial charge is 0.387 e. The van der Waals surface area contributed by atoms with Gasteiger partial charge in [0, 0.05) is 23.5 Å². The first-order valence-corrected chi connectivity index (χ1v) is 5.58. The third kappa shape index (κ3) is 3.13. The van der Waals surface area contributed by atoms with Crippen LogP contribution in [0.1, 0.15) is 21.5 Å². The lowest BCUT2D eigenvalue weighted by molar-refractivity contribution is -0.0498. The number of pyridine rings is 1. The molecule has 19 heavy (non-hydrogen) atoms. The van der Waals surface area contributed by atoms with Gasteiger partial charge in [0.1, 0.15) is 5.75 Å². The molecule has 1 aromatic heterocycles. The predicted molar refractivity (Wildman–Crippen MR) is 65.5 cm³/mol. The first-order valence-electron chi connectivity index (χ1n) is 5.58. The van der Waals surface area contributed by atoms with Gasteiger partial charge >= 0.3 is 6.61 Å². The first kappa shape index (κ1) is 13.1. The Kier molecular flexibility index (Phi) is 3.85. The third-order valence-electron chi connectivity index (χ3n) is 2.61. The van der Waals surface area contributed by atoms with Gasteiger partial charge in [0.05, 0.1) is 0 Å². The monoisotopic (exact) mass is 263 g/mol. The minimum Gasteiger partial charge on any atom is -0.435 e. The lowest BCUT2D eigenvalue weighted by atomic mass is 10.0. The Hall–Kier alpha value is -2.30. The Morgan fingerprint density at radius 2 is 2.11 bits per heavy atom. The van der Waals surface area contributed by atoms with Crippen molar-refractivity contribution in [2.75, 3.05) is 0 Å². The summed E-state index contributed by atoms with van der Waals surface area (Å²) in [5.74, 6) is -0.312. The molecule has 5 heteroatoms. The van der Waals surface area contributed by atoms with E-state index in [1.165, 1.54) is 24.4 Å². The van der Waals surface area contributed by atoms with E-state index in [0.717, 1.165) is 5.56 Å². The standard InChI is InChI=1S/C14H11F2NO2/c1-9-5-6-17-8-12(9)13(18)10-3-2-4-11(7-10)19-14(15)16/h2-8,14H,1H3. The largest absolute Gasteiger partial charge is 0.435 e. The van der Waals surface area contributed by atoms with E-state index >= 15 is 0 Å². The number of carbonyl (C=O) groups is 1. The molecule has 0 saturated heterocycles. The van der Waals surface area contributed by atoms with Gasteiger partial charge in [0.2, 0.25) is 0 Å². The van der Waals surface area contributed by atoms with Gasteiger partial charge in [-0.25, -0.2) is 0 Å². The molecule has 0 unspecified atom stereocenters. The maximum absolute atomic E-state index is 12.2. The molecule has 0 amide bonds. The molecule has 2 aromatic rings. The van der Waals surface area contributed by atoms with E-state index in [9.17, 15) is 13.6 Å². The summed E-state index contributed by atoms with van der Waals surface area (Å²) in [6.07, 6.45) is 3.04. The fourth-order valence-corrected chi connectivity index (χ4v) is 1.67. The van der Waals surface area contributed by atoms with Gasteiger partial charge in [-0.3, -0.25) is 9.78 Å². The second-order valence-corrected chi connectivity index (χ2v) is 3.93. The van der Waals surface area contributed by atoms with Crippen LogP contribution in [0.5, 0.6) is 5.75 Å². The fourth-order valence-electron chi connectivity index (χ4n) is 1.67. The van der Waals surface area contributed by atoms with Crippen molar-refractivity contribution in [3.8, 4) is 5.75 Å². The van der Waals surface area contributed by atoms with Crippen LogP contribution in [0.25, 0.3) is 0 Å². The number of rotatable bonds is 4. The van der Waals surface area contributed by atoms with Crippen LogP contribution in [0.3, 0.4) is 0 Å². The van der Waals surface area contributed by atoms with E-state index in [1.807, 2.05) is 0 Å². The van der Waals surface area contributed by atoms with Gasteiger partial charge in [0.15, 0.2) is 5.78 Å². The molecule has 1 aromatic carbocycles. The Labute approximate surface area is 108 Å². The van der Waals surface area contributed by atoms with Gasteiger partial charge in [-0.2, -0.15) is 8.78 Å². The van der Waals surface area contributed by atoms with E-state index in [0.29, 0.717) is 5.56 Å². The summed E-state index contributed by atoms with van der Waals surface area (Å²) in [7, 11) is 0. The number of ether oxygens (including phenoxy) is 1. The number of hydrogen-bond acceptors (Lipinski definition) is 3. The Bertz CT molecular complexity index is 600. The van der Waals surface area contributed by atoms with Gasteiger partial charge < -0.3 is 4.74 Å². The molecule has 1 heterocycles. The van der Waals surface area contributed by atoms with E-state index in [4.69, 9.17) is 0 Å². The zero-order valence-electron chi connectivity index (χ0n) is 10.1. The SMILES string of the molecule is Cc1ccncc1C(=O)c1cccc(OC(F)F)c1. The summed E-state index contributed by atoms with van der Waals surface area (Å²) in [4.78, 5) is 16.1. The van der Waals surface area contributed by atoms with Crippen LogP contribution in [-0.2, 0) is 0 Å². The summed E-state index contributed by atoms with van der Waals surface area (Å²) in [5, 5.41) is 0. The molecule has 0 radical (unpaired) electrons. The molecule has 0 spiro atoms. The summed E-state index contributed by atoms with van der Waals surface area (Å²) in [6, 6.07) is 7.43. The normalized spacial score (nSPS) is 10.5. The number of aryl methyl sites for hydroxylation is 1. The molecule has 0 fully saturated rings. The summed E-state index contributed by atoms with van der Waals surface area (Å²) in [5.41, 5.74) is 1.51. The van der Waals surface area contributed by atoms with Gasteiger partial charge in [-0.1, -0.05) is 12.1 Å². The zero-order chi connectivity index (χ0) is 13.8. The number of nitrogens with zero attached hydrogens (tertiary/aromatic N) is 1. The Balaban J connectivity index is 2.32. The lowest BCUT2D eigenvalue weighted by Crippen LogP contribution is -2.06. The van der Waals surface area contributed by atoms with E-state index in [1.54, 1.807) is 25.3 Å². The number of hydrogen-bond donors (Lipinski definition) is 0. The van der Waals surface area contributed by atoms with E-state index < -0.39 is 6.61 Å². The van der Waals surface area contributed by atoms with Crippen molar-refractivity contribution in [3.63, 3.8) is 0 Å². The molecule has 0 N–H and O–H groups in total. The lowest BCUT2D eigenvalue weighted by Gasteiger charge is -2.07. The molecule has 0 saturated carbocycles. The highest BCUT2D eigenvalue weighted by Gasteiger charge is 2.13. The van der Waals surface area contributed by atoms with Crippen LogP contribution in [0.4, 0.5) is 8.78 Å². The van der Waals surface area contributed by atoms with Crippen molar-refractivity contribution >= 4 is 5.78 Å². The summed E-state index contributed by atoms with van der Waals surface area (Å²) >= 11 is 0. The molecular formula is C14H11F2NO2. The maximum Gasteiger partial charge on any atom is 0.387 e. The number of alkyl halides is 2. The topological polar surface area (TPSA) is 39.2 Å². The van der Waals surface area contributed by atoms with Crippen LogP contribution in [-0.4, -0.2) is 17.4 Å². The summed E-state index contributed by atoms with van der Waals surface area (Å²) < 4.78 is 28.5. The molecular weight excluding hydrogens is 252 g/mol. The predicted octanol–water partition coefficient (Wildman–Crippen LogP) is 3.22. The van der Waals surface area contributed by atoms with Gasteiger partial charge in [-0.05, 0) is 30.7 Å². The summed E-state index contributed by atoms with van der Waals surface area (Å²) in [6.45, 7) is -1.13. The Morgan fingerprint density at radius 3 is 2.79 bits per heavy atom. The number of aromatic nitrogens is 1. The molecule has 0 bridgehead atoms. The fraction of sp³-hybridized carbons (Fsp3) is 0.143. The minimum absolute atomic E-state index is 0.0395. The van der Waals surface area contributed by atoms with E-state index in [-0.39, 0.29) is 17.1 Å². The van der Waals surface area contributed by atoms with Crippen molar-refractivity contribution in [1.82, 2.24) is 4.98 Å². The maximum atomic E-state index is 12.2. The van der Waals surface area contributed by atoms with Crippen molar-refractivity contribution in [1.29, 1.82) is 0 Å². The highest BCUT2D eigenvalue weighted by molar-refractivity contribution is 6.09. The molecule has 0 atom stereocenters. The van der Waals surface area contributed by atoms with Gasteiger partial charge in [-0.15, -0.1) is 0 Å². The zero-order valence-corrected chi connectivity index (χ0v) is 10.1. The number of halogens is 2. The molecule has 0 aliphatic heterocycles. The van der Waals surface area contributed by atoms with Crippen molar-refractivity contribution in [2.24, 2.45) is 0 Å². The van der Waals surface area contributed by atoms with Crippen LogP contribution in [0.15, 0.2) is 42.7 Å². The molecule has 0 aliphatic rings. The second kappa shape index (κ2) is 5.56. The van der Waals surface area contributed by atoms with Gasteiger partial charge in [0.25, 0.3) is 0 Å². The number of benzene rings is 1. The molecule has 3 nitrogen and oxygen atoms in total. The molecule has 0 aliphatic carbocycles. The van der Waals surface area contributed by atoms with Crippen LogP contribution in [0.2, 0.25) is 0 Å². The average Bonchev–Trinajstić information content (AvgIpc) is 2.38. The molecule has 2 rings (SSSR count). The van der Waals surface area contributed by atoms with Crippen LogP contribution in [0, 0.1) is 6.92 Å². The van der Waals surface area contributed by atoms with Crippen molar-refractivity contribution in [3.05, 3.63) is 59.4 Å². The number of ketones is 1. The van der Waals surface area contributed by atoms with Crippen molar-refractivity contribution in [2.45, 2.75) is 13.5 Å². The molecule has 98 valence electrons. The van der Waals surface area contributed by atoms with Crippen molar-refractivity contribution < 1.29 is 18.3 Å². The highest BCUT2D eigenvalue weighted by atomic mass is 19.3. The number of carbonyl (C=O) groups excluding carboxylic acids is 1. The van der Waals surface area contributed by atoms with Crippen LogP contribution >= 0.6 is 0 Å². The highest BCUT2D eigenvalue weighted by Crippen LogP contribution is 2.19. The Morgan fingerprint density at radius 1 is 1.32 bits per heavy atom. The second-order valence-electron chi connectivity index (χ2n) is 3.93.